The molecule has 1 atom stereocenters. The van der Waals surface area contributed by atoms with Gasteiger partial charge in [0.2, 0.25) is 0 Å². The van der Waals surface area contributed by atoms with E-state index in [-0.39, 0.29) is 13.0 Å². The van der Waals surface area contributed by atoms with Gasteiger partial charge in [0.25, 0.3) is 0 Å². The van der Waals surface area contributed by atoms with Crippen LogP contribution in [0.25, 0.3) is 0 Å². The van der Waals surface area contributed by atoms with Crippen LogP contribution in [0, 0.1) is 0 Å². The van der Waals surface area contributed by atoms with Crippen LogP contribution in [0.1, 0.15) is 24.4 Å². The van der Waals surface area contributed by atoms with Crippen LogP contribution in [0.4, 0.5) is 18.0 Å². The van der Waals surface area contributed by atoms with Gasteiger partial charge in [-0.3, -0.25) is 0 Å². The van der Waals surface area contributed by atoms with Gasteiger partial charge in [-0.25, -0.2) is 9.59 Å². The Hall–Kier alpha value is -2.25. The SMILES string of the molecule is O=C(NCCCC(F)(F)F)NC(C(=O)O)c1ccccc1. The van der Waals surface area contributed by atoms with Crippen LogP contribution in [0.15, 0.2) is 30.3 Å². The van der Waals surface area contributed by atoms with Crippen molar-refractivity contribution < 1.29 is 27.9 Å². The van der Waals surface area contributed by atoms with E-state index >= 15 is 0 Å². The number of halogens is 3. The van der Waals surface area contributed by atoms with Crippen molar-refractivity contribution in [2.24, 2.45) is 0 Å². The summed E-state index contributed by atoms with van der Waals surface area (Å²) in [4.78, 5) is 22.6. The summed E-state index contributed by atoms with van der Waals surface area (Å²) in [7, 11) is 0. The number of hydrogen-bond donors (Lipinski definition) is 3. The third kappa shape index (κ3) is 6.64. The summed E-state index contributed by atoms with van der Waals surface area (Å²) < 4.78 is 35.7. The number of hydrogen-bond acceptors (Lipinski definition) is 2. The molecule has 3 N–H and O–H groups in total. The average molecular weight is 304 g/mol. The Kier molecular flexibility index (Phi) is 6.01. The zero-order chi connectivity index (χ0) is 15.9. The number of amides is 2. The minimum Gasteiger partial charge on any atom is -0.479 e. The van der Waals surface area contributed by atoms with Gasteiger partial charge in [-0.05, 0) is 12.0 Å². The Morgan fingerprint density at radius 2 is 1.81 bits per heavy atom. The molecule has 1 aromatic carbocycles. The minimum atomic E-state index is -4.27. The highest BCUT2D eigenvalue weighted by Gasteiger charge is 2.26. The normalized spacial score (nSPS) is 12.5. The van der Waals surface area contributed by atoms with E-state index in [1.807, 2.05) is 0 Å². The Bertz CT molecular complexity index is 477. The molecule has 0 aliphatic heterocycles. The maximum absolute atomic E-state index is 11.9. The predicted octanol–water partition coefficient (Wildman–Crippen LogP) is 2.45. The van der Waals surface area contributed by atoms with Crippen molar-refractivity contribution in [3.8, 4) is 0 Å². The molecule has 1 unspecified atom stereocenters. The summed E-state index contributed by atoms with van der Waals surface area (Å²) in [5.41, 5.74) is 0.371. The van der Waals surface area contributed by atoms with Gasteiger partial charge in [0.05, 0.1) is 0 Å². The fraction of sp³-hybridized carbons (Fsp3) is 0.385. The summed E-state index contributed by atoms with van der Waals surface area (Å²) in [6, 6.07) is 5.91. The van der Waals surface area contributed by atoms with Gasteiger partial charge in [0, 0.05) is 13.0 Å². The van der Waals surface area contributed by atoms with E-state index in [4.69, 9.17) is 5.11 Å². The fourth-order valence-electron chi connectivity index (χ4n) is 1.61. The third-order valence-electron chi connectivity index (χ3n) is 2.58. The summed E-state index contributed by atoms with van der Waals surface area (Å²) in [6.45, 7) is -0.188. The maximum Gasteiger partial charge on any atom is 0.389 e. The first kappa shape index (κ1) is 16.8. The molecule has 0 heterocycles. The molecule has 1 rings (SSSR count). The van der Waals surface area contributed by atoms with Crippen LogP contribution < -0.4 is 10.6 Å². The molecule has 116 valence electrons. The van der Waals surface area contributed by atoms with Gasteiger partial charge in [-0.2, -0.15) is 13.2 Å². The molecule has 0 aliphatic rings. The van der Waals surface area contributed by atoms with E-state index in [9.17, 15) is 22.8 Å². The number of benzene rings is 1. The first-order valence-electron chi connectivity index (χ1n) is 6.18. The molecular weight excluding hydrogens is 289 g/mol. The van der Waals surface area contributed by atoms with Gasteiger partial charge in [-0.15, -0.1) is 0 Å². The van der Waals surface area contributed by atoms with E-state index < -0.39 is 30.6 Å². The van der Waals surface area contributed by atoms with Crippen LogP contribution in [-0.4, -0.2) is 29.8 Å². The van der Waals surface area contributed by atoms with Crippen molar-refractivity contribution in [3.63, 3.8) is 0 Å². The number of nitrogens with one attached hydrogen (secondary N) is 2. The second-order valence-electron chi connectivity index (χ2n) is 4.30. The van der Waals surface area contributed by atoms with Crippen LogP contribution in [0.2, 0.25) is 0 Å². The Morgan fingerprint density at radius 1 is 1.19 bits per heavy atom. The number of alkyl halides is 3. The van der Waals surface area contributed by atoms with Crippen molar-refractivity contribution in [1.82, 2.24) is 10.6 Å². The molecule has 0 aromatic heterocycles. The molecule has 0 saturated heterocycles. The summed E-state index contributed by atoms with van der Waals surface area (Å²) >= 11 is 0. The zero-order valence-corrected chi connectivity index (χ0v) is 11.0. The largest absolute Gasteiger partial charge is 0.479 e. The molecule has 1 aromatic rings. The highest BCUT2D eigenvalue weighted by atomic mass is 19.4. The minimum absolute atomic E-state index is 0.188. The number of urea groups is 1. The van der Waals surface area contributed by atoms with Gasteiger partial charge in [0.15, 0.2) is 6.04 Å². The van der Waals surface area contributed by atoms with Gasteiger partial charge >= 0.3 is 18.2 Å². The smallest absolute Gasteiger partial charge is 0.389 e. The van der Waals surface area contributed by atoms with Gasteiger partial charge in [0.1, 0.15) is 0 Å². The first-order chi connectivity index (χ1) is 9.79. The Balaban J connectivity index is 2.46. The topological polar surface area (TPSA) is 78.4 Å². The highest BCUT2D eigenvalue weighted by Crippen LogP contribution is 2.20. The lowest BCUT2D eigenvalue weighted by atomic mass is 10.1. The van der Waals surface area contributed by atoms with Crippen molar-refractivity contribution in [2.45, 2.75) is 25.1 Å². The number of aliphatic carboxylic acids is 1. The number of carbonyl (C=O) groups is 2. The van der Waals surface area contributed by atoms with Crippen LogP contribution in [-0.2, 0) is 4.79 Å². The van der Waals surface area contributed by atoms with Crippen molar-refractivity contribution in [2.75, 3.05) is 6.54 Å². The molecule has 5 nitrogen and oxygen atoms in total. The third-order valence-corrected chi connectivity index (χ3v) is 2.58. The molecule has 8 heteroatoms. The van der Waals surface area contributed by atoms with Crippen LogP contribution in [0.3, 0.4) is 0 Å². The zero-order valence-electron chi connectivity index (χ0n) is 11.0. The molecule has 0 bridgehead atoms. The monoisotopic (exact) mass is 304 g/mol. The molecule has 0 saturated carbocycles. The van der Waals surface area contributed by atoms with E-state index in [2.05, 4.69) is 10.6 Å². The molecule has 2 amide bonds. The standard InChI is InChI=1S/C13H15F3N2O3/c14-13(15,16)7-4-8-17-12(21)18-10(11(19)20)9-5-2-1-3-6-9/h1-3,5-6,10H,4,7-8H2,(H,19,20)(H2,17,18,21). The summed E-state index contributed by atoms with van der Waals surface area (Å²) in [5, 5.41) is 13.5. The lowest BCUT2D eigenvalue weighted by Crippen LogP contribution is -2.41. The van der Waals surface area contributed by atoms with E-state index in [1.165, 1.54) is 12.1 Å². The molecule has 0 radical (unpaired) electrons. The summed E-state index contributed by atoms with van der Waals surface area (Å²) in [6.07, 6.45) is -5.54. The molecule has 0 aliphatic carbocycles. The Morgan fingerprint density at radius 3 is 2.33 bits per heavy atom. The first-order valence-corrected chi connectivity index (χ1v) is 6.18. The number of carboxylic acids is 1. The summed E-state index contributed by atoms with van der Waals surface area (Å²) in [5.74, 6) is -1.26. The van der Waals surface area contributed by atoms with E-state index in [0.717, 1.165) is 0 Å². The highest BCUT2D eigenvalue weighted by molar-refractivity contribution is 5.83. The molecule has 21 heavy (non-hydrogen) atoms. The van der Waals surface area contributed by atoms with Crippen LogP contribution in [0.5, 0.6) is 0 Å². The van der Waals surface area contributed by atoms with E-state index in [0.29, 0.717) is 5.56 Å². The maximum atomic E-state index is 11.9. The predicted molar refractivity (Wildman–Crippen MR) is 68.6 cm³/mol. The molecule has 0 spiro atoms. The van der Waals surface area contributed by atoms with Crippen molar-refractivity contribution >= 4 is 12.0 Å². The quantitative estimate of drug-likeness (QED) is 0.706. The molecular formula is C13H15F3N2O3. The average Bonchev–Trinajstić information content (AvgIpc) is 2.40. The number of carbonyl (C=O) groups excluding carboxylic acids is 1. The Labute approximate surface area is 119 Å². The van der Waals surface area contributed by atoms with E-state index in [1.54, 1.807) is 18.2 Å². The number of carboxylic acid groups (broad SMARTS) is 1. The number of rotatable bonds is 6. The van der Waals surface area contributed by atoms with Gasteiger partial charge in [-0.1, -0.05) is 30.3 Å². The second-order valence-corrected chi connectivity index (χ2v) is 4.30. The van der Waals surface area contributed by atoms with Crippen LogP contribution >= 0.6 is 0 Å². The van der Waals surface area contributed by atoms with Crippen molar-refractivity contribution in [1.29, 1.82) is 0 Å². The van der Waals surface area contributed by atoms with Crippen molar-refractivity contribution in [3.05, 3.63) is 35.9 Å². The lowest BCUT2D eigenvalue weighted by Gasteiger charge is -2.15. The van der Waals surface area contributed by atoms with Gasteiger partial charge < -0.3 is 15.7 Å². The second kappa shape index (κ2) is 7.51. The molecule has 0 fully saturated rings. The lowest BCUT2D eigenvalue weighted by molar-refractivity contribution is -0.139. The fourth-order valence-corrected chi connectivity index (χ4v) is 1.61.